The van der Waals surface area contributed by atoms with Gasteiger partial charge in [0.15, 0.2) is 0 Å². The van der Waals surface area contributed by atoms with E-state index in [1.165, 1.54) is 7.11 Å². The van der Waals surface area contributed by atoms with E-state index in [9.17, 15) is 0 Å². The second-order valence-corrected chi connectivity index (χ2v) is 4.33. The van der Waals surface area contributed by atoms with Crippen LogP contribution in [0.2, 0.25) is 10.3 Å². The SMILES string of the molecule is CCc1cc(Oc2nc(Cl)nc(OC)n2)ccc1Cl. The summed E-state index contributed by atoms with van der Waals surface area (Å²) in [5.41, 5.74) is 0.978. The van der Waals surface area contributed by atoms with Crippen molar-refractivity contribution in [1.29, 1.82) is 0 Å². The molecule has 1 aromatic carbocycles. The molecule has 0 unspecified atom stereocenters. The topological polar surface area (TPSA) is 57.1 Å². The smallest absolute Gasteiger partial charge is 0.329 e. The fourth-order valence-electron chi connectivity index (χ4n) is 1.44. The van der Waals surface area contributed by atoms with Crippen LogP contribution in [0.4, 0.5) is 0 Å². The van der Waals surface area contributed by atoms with Crippen molar-refractivity contribution in [3.63, 3.8) is 0 Å². The van der Waals surface area contributed by atoms with Crippen LogP contribution >= 0.6 is 23.2 Å². The molecule has 1 heterocycles. The highest BCUT2D eigenvalue weighted by molar-refractivity contribution is 6.31. The summed E-state index contributed by atoms with van der Waals surface area (Å²) in [4.78, 5) is 11.6. The maximum Gasteiger partial charge on any atom is 0.329 e. The summed E-state index contributed by atoms with van der Waals surface area (Å²) in [5, 5.41) is 0.702. The molecule has 0 saturated carbocycles. The van der Waals surface area contributed by atoms with E-state index in [4.69, 9.17) is 32.7 Å². The van der Waals surface area contributed by atoms with Crippen molar-refractivity contribution in [3.05, 3.63) is 34.1 Å². The molecule has 0 amide bonds. The fraction of sp³-hybridized carbons (Fsp3) is 0.250. The molecule has 0 N–H and O–H groups in total. The normalized spacial score (nSPS) is 10.3. The highest BCUT2D eigenvalue weighted by Crippen LogP contribution is 2.26. The van der Waals surface area contributed by atoms with Crippen LogP contribution in [0.5, 0.6) is 17.8 Å². The average molecular weight is 300 g/mol. The van der Waals surface area contributed by atoms with Crippen molar-refractivity contribution in [2.45, 2.75) is 13.3 Å². The number of methoxy groups -OCH3 is 1. The van der Waals surface area contributed by atoms with Crippen molar-refractivity contribution in [2.24, 2.45) is 0 Å². The van der Waals surface area contributed by atoms with Gasteiger partial charge >= 0.3 is 12.0 Å². The number of aromatic nitrogens is 3. The number of benzene rings is 1. The number of rotatable bonds is 4. The number of ether oxygens (including phenoxy) is 2. The van der Waals surface area contributed by atoms with Crippen LogP contribution in [0.1, 0.15) is 12.5 Å². The minimum atomic E-state index is 0.00604. The molecular weight excluding hydrogens is 289 g/mol. The molecule has 5 nitrogen and oxygen atoms in total. The van der Waals surface area contributed by atoms with Gasteiger partial charge in [-0.05, 0) is 41.8 Å². The van der Waals surface area contributed by atoms with E-state index in [0.29, 0.717) is 10.8 Å². The summed E-state index contributed by atoms with van der Waals surface area (Å²) >= 11 is 11.8. The van der Waals surface area contributed by atoms with Crippen molar-refractivity contribution in [2.75, 3.05) is 7.11 Å². The summed E-state index contributed by atoms with van der Waals surface area (Å²) in [5.74, 6) is 0.575. The second-order valence-electron chi connectivity index (χ2n) is 3.58. The number of hydrogen-bond donors (Lipinski definition) is 0. The highest BCUT2D eigenvalue weighted by Gasteiger charge is 2.08. The zero-order valence-electron chi connectivity index (χ0n) is 10.4. The minimum Gasteiger partial charge on any atom is -0.467 e. The maximum absolute atomic E-state index is 6.03. The lowest BCUT2D eigenvalue weighted by Crippen LogP contribution is -1.99. The summed E-state index contributed by atoms with van der Waals surface area (Å²) in [6, 6.07) is 5.48. The summed E-state index contributed by atoms with van der Waals surface area (Å²) < 4.78 is 10.4. The predicted molar refractivity (Wildman–Crippen MR) is 72.3 cm³/mol. The molecule has 0 aliphatic carbocycles. The Morgan fingerprint density at radius 3 is 2.53 bits per heavy atom. The van der Waals surface area contributed by atoms with E-state index in [1.54, 1.807) is 12.1 Å². The third kappa shape index (κ3) is 3.45. The Bertz CT molecular complexity index is 593. The first-order valence-corrected chi connectivity index (χ1v) is 6.29. The molecule has 19 heavy (non-hydrogen) atoms. The average Bonchev–Trinajstić information content (AvgIpc) is 2.40. The maximum atomic E-state index is 6.03. The predicted octanol–water partition coefficient (Wildman–Crippen LogP) is 3.54. The standard InChI is InChI=1S/C12H11Cl2N3O2/c1-3-7-6-8(4-5-9(7)13)19-12-16-10(14)15-11(17-12)18-2/h4-6H,3H2,1-2H3. The van der Waals surface area contributed by atoms with Gasteiger partial charge < -0.3 is 9.47 Å². The van der Waals surface area contributed by atoms with Crippen LogP contribution in [0, 0.1) is 0 Å². The first-order chi connectivity index (χ1) is 9.12. The Kier molecular flexibility index (Phi) is 4.39. The third-order valence-corrected chi connectivity index (χ3v) is 2.89. The molecule has 2 aromatic rings. The van der Waals surface area contributed by atoms with Crippen molar-refractivity contribution >= 4 is 23.2 Å². The molecule has 7 heteroatoms. The fourth-order valence-corrected chi connectivity index (χ4v) is 1.84. The second kappa shape index (κ2) is 6.04. The summed E-state index contributed by atoms with van der Waals surface area (Å²) in [6.07, 6.45) is 0.803. The van der Waals surface area contributed by atoms with E-state index in [0.717, 1.165) is 12.0 Å². The van der Waals surface area contributed by atoms with Gasteiger partial charge in [0.05, 0.1) is 7.11 Å². The number of halogens is 2. The van der Waals surface area contributed by atoms with Crippen LogP contribution in [-0.4, -0.2) is 22.1 Å². The van der Waals surface area contributed by atoms with E-state index in [1.807, 2.05) is 13.0 Å². The zero-order chi connectivity index (χ0) is 13.8. The van der Waals surface area contributed by atoms with Gasteiger partial charge in [0.2, 0.25) is 5.28 Å². The zero-order valence-corrected chi connectivity index (χ0v) is 11.9. The third-order valence-electron chi connectivity index (χ3n) is 2.36. The van der Waals surface area contributed by atoms with E-state index < -0.39 is 0 Å². The first kappa shape index (κ1) is 13.8. The lowest BCUT2D eigenvalue weighted by atomic mass is 10.1. The van der Waals surface area contributed by atoms with Crippen molar-refractivity contribution in [1.82, 2.24) is 15.0 Å². The first-order valence-electron chi connectivity index (χ1n) is 5.54. The van der Waals surface area contributed by atoms with Gasteiger partial charge in [-0.3, -0.25) is 0 Å². The molecule has 2 rings (SSSR count). The Morgan fingerprint density at radius 2 is 1.84 bits per heavy atom. The van der Waals surface area contributed by atoms with E-state index >= 15 is 0 Å². The summed E-state index contributed by atoms with van der Waals surface area (Å²) in [7, 11) is 1.44. The van der Waals surface area contributed by atoms with E-state index in [2.05, 4.69) is 15.0 Å². The Morgan fingerprint density at radius 1 is 1.11 bits per heavy atom. The Balaban J connectivity index is 2.28. The van der Waals surface area contributed by atoms with Gasteiger partial charge in [0.1, 0.15) is 5.75 Å². The Hall–Kier alpha value is -1.59. The molecule has 0 fully saturated rings. The number of hydrogen-bond acceptors (Lipinski definition) is 5. The van der Waals surface area contributed by atoms with Crippen LogP contribution in [0.25, 0.3) is 0 Å². The van der Waals surface area contributed by atoms with Crippen molar-refractivity contribution in [3.8, 4) is 17.8 Å². The van der Waals surface area contributed by atoms with Gasteiger partial charge in [0.25, 0.3) is 0 Å². The molecule has 100 valence electrons. The van der Waals surface area contributed by atoms with Gasteiger partial charge in [-0.2, -0.15) is 9.97 Å². The monoisotopic (exact) mass is 299 g/mol. The molecule has 0 aliphatic rings. The quantitative estimate of drug-likeness (QED) is 0.864. The molecule has 1 aromatic heterocycles. The van der Waals surface area contributed by atoms with Crippen molar-refractivity contribution < 1.29 is 9.47 Å². The number of aryl methyl sites for hydroxylation is 1. The minimum absolute atomic E-state index is 0.00604. The number of nitrogens with zero attached hydrogens (tertiary/aromatic N) is 3. The lowest BCUT2D eigenvalue weighted by Gasteiger charge is -2.07. The molecule has 0 aliphatic heterocycles. The molecule has 0 spiro atoms. The molecular formula is C12H11Cl2N3O2. The van der Waals surface area contributed by atoms with Gasteiger partial charge in [0, 0.05) is 5.02 Å². The van der Waals surface area contributed by atoms with Crippen LogP contribution < -0.4 is 9.47 Å². The Labute approximate surface area is 120 Å². The molecule has 0 radical (unpaired) electrons. The van der Waals surface area contributed by atoms with Gasteiger partial charge in [-0.1, -0.05) is 18.5 Å². The van der Waals surface area contributed by atoms with Crippen LogP contribution in [0.3, 0.4) is 0 Å². The largest absolute Gasteiger partial charge is 0.467 e. The molecule has 0 saturated heterocycles. The van der Waals surface area contributed by atoms with Gasteiger partial charge in [-0.15, -0.1) is 4.98 Å². The summed E-state index contributed by atoms with van der Waals surface area (Å²) in [6.45, 7) is 2.01. The van der Waals surface area contributed by atoms with Gasteiger partial charge in [-0.25, -0.2) is 0 Å². The van der Waals surface area contributed by atoms with Crippen LogP contribution in [0.15, 0.2) is 18.2 Å². The van der Waals surface area contributed by atoms with E-state index in [-0.39, 0.29) is 17.3 Å². The molecule has 0 bridgehead atoms. The highest BCUT2D eigenvalue weighted by atomic mass is 35.5. The van der Waals surface area contributed by atoms with Crippen LogP contribution in [-0.2, 0) is 6.42 Å². The molecule has 0 atom stereocenters. The lowest BCUT2D eigenvalue weighted by molar-refractivity contribution is 0.359.